The molecule has 0 atom stereocenters. The summed E-state index contributed by atoms with van der Waals surface area (Å²) < 4.78 is 5.03. The van der Waals surface area contributed by atoms with Crippen LogP contribution in [-0.4, -0.2) is 37.0 Å². The van der Waals surface area contributed by atoms with Crippen molar-refractivity contribution >= 4 is 0 Å². The van der Waals surface area contributed by atoms with Gasteiger partial charge in [-0.3, -0.25) is 0 Å². The first kappa shape index (κ1) is 31.0. The van der Waals surface area contributed by atoms with Crippen LogP contribution in [0.3, 0.4) is 0 Å². The summed E-state index contributed by atoms with van der Waals surface area (Å²) in [6.45, 7) is 10.8. The van der Waals surface area contributed by atoms with Crippen molar-refractivity contribution in [2.24, 2.45) is 0 Å². The molecule has 1 heterocycles. The third-order valence-electron chi connectivity index (χ3n) is 3.64. The zero-order chi connectivity index (χ0) is 14.3. The van der Waals surface area contributed by atoms with Crippen LogP contribution in [0.1, 0.15) is 61.5 Å². The smallest absolute Gasteiger partial charge is 0.102 e. The number of hydroxylamine groups is 3. The van der Waals surface area contributed by atoms with Gasteiger partial charge in [0.1, 0.15) is 13.1 Å². The number of quaternary nitrogens is 1. The number of morpholine rings is 1. The molecular formula is C19H39NO2Y. The maximum absolute atomic E-state index is 11.7. The Bertz CT molecular complexity index is 350. The van der Waals surface area contributed by atoms with Crippen LogP contribution < -0.4 is 0 Å². The van der Waals surface area contributed by atoms with E-state index in [1.54, 1.807) is 0 Å². The van der Waals surface area contributed by atoms with E-state index >= 15 is 0 Å². The number of hydrogen-bond donors (Lipinski definition) is 0. The Labute approximate surface area is 170 Å². The molecule has 0 amide bonds. The minimum absolute atomic E-state index is 0. The fourth-order valence-electron chi connectivity index (χ4n) is 2.01. The van der Waals surface area contributed by atoms with Crippen molar-refractivity contribution in [1.82, 2.24) is 0 Å². The first-order valence-electron chi connectivity index (χ1n) is 7.16. The molecular weight excluding hydrogens is 363 g/mol. The van der Waals surface area contributed by atoms with E-state index in [2.05, 4.69) is 38.1 Å². The van der Waals surface area contributed by atoms with Gasteiger partial charge in [-0.1, -0.05) is 66.5 Å². The summed E-state index contributed by atoms with van der Waals surface area (Å²) in [7, 11) is 0. The van der Waals surface area contributed by atoms with E-state index in [1.165, 1.54) is 5.56 Å². The van der Waals surface area contributed by atoms with Gasteiger partial charge < -0.3 is 14.6 Å². The SMILES string of the molecule is C.C.C.CC(C)[N+]1([O-])CCOCC1.CC(C)c1ccccc1.[Y]. The molecule has 0 unspecified atom stereocenters. The molecule has 0 N–H and O–H groups in total. The van der Waals surface area contributed by atoms with Crippen molar-refractivity contribution in [2.75, 3.05) is 26.3 Å². The minimum atomic E-state index is -0.0694. The van der Waals surface area contributed by atoms with Crippen LogP contribution in [-0.2, 0) is 37.4 Å². The number of hydrogen-bond acceptors (Lipinski definition) is 2. The van der Waals surface area contributed by atoms with Crippen molar-refractivity contribution in [2.45, 2.75) is 61.9 Å². The maximum Gasteiger partial charge on any atom is 0.102 e. The Kier molecular flexibility index (Phi) is 21.2. The molecule has 0 aliphatic carbocycles. The molecule has 135 valence electrons. The normalized spacial score (nSPS) is 14.9. The van der Waals surface area contributed by atoms with Crippen LogP contribution in [0, 0.1) is 5.21 Å². The van der Waals surface area contributed by atoms with Gasteiger partial charge in [0.2, 0.25) is 0 Å². The first-order valence-corrected chi connectivity index (χ1v) is 7.16. The van der Waals surface area contributed by atoms with E-state index in [0.29, 0.717) is 32.2 Å². The molecule has 0 bridgehead atoms. The molecule has 1 fully saturated rings. The van der Waals surface area contributed by atoms with Gasteiger partial charge in [0.25, 0.3) is 0 Å². The number of nitrogens with zero attached hydrogens (tertiary/aromatic N) is 1. The minimum Gasteiger partial charge on any atom is -0.632 e. The van der Waals surface area contributed by atoms with Gasteiger partial charge in [-0.05, 0) is 25.3 Å². The zero-order valence-electron chi connectivity index (χ0n) is 13.2. The first-order chi connectivity index (χ1) is 8.96. The molecule has 23 heavy (non-hydrogen) atoms. The molecule has 0 saturated carbocycles. The van der Waals surface area contributed by atoms with Crippen LogP contribution >= 0.6 is 0 Å². The van der Waals surface area contributed by atoms with E-state index in [0.717, 1.165) is 0 Å². The second-order valence-corrected chi connectivity index (χ2v) is 5.67. The second kappa shape index (κ2) is 15.7. The van der Waals surface area contributed by atoms with E-state index in [1.807, 2.05) is 19.9 Å². The average Bonchev–Trinajstić information content (AvgIpc) is 2.41. The van der Waals surface area contributed by atoms with Crippen molar-refractivity contribution in [3.63, 3.8) is 0 Å². The predicted molar refractivity (Wildman–Crippen MR) is 100 cm³/mol. The van der Waals surface area contributed by atoms with Gasteiger partial charge in [0.15, 0.2) is 0 Å². The summed E-state index contributed by atoms with van der Waals surface area (Å²) in [5.41, 5.74) is 1.41. The van der Waals surface area contributed by atoms with Crippen LogP contribution in [0.2, 0.25) is 0 Å². The van der Waals surface area contributed by atoms with E-state index in [-0.39, 0.29) is 65.7 Å². The molecule has 0 spiro atoms. The van der Waals surface area contributed by atoms with Gasteiger partial charge in [-0.2, -0.15) is 0 Å². The van der Waals surface area contributed by atoms with Crippen molar-refractivity contribution in [1.29, 1.82) is 0 Å². The van der Waals surface area contributed by atoms with Crippen LogP contribution in [0.4, 0.5) is 0 Å². The van der Waals surface area contributed by atoms with Crippen LogP contribution in [0.15, 0.2) is 30.3 Å². The van der Waals surface area contributed by atoms with E-state index < -0.39 is 0 Å². The molecule has 3 nitrogen and oxygen atoms in total. The Balaban J connectivity index is -0.000000134. The largest absolute Gasteiger partial charge is 0.632 e. The third-order valence-corrected chi connectivity index (χ3v) is 3.64. The summed E-state index contributed by atoms with van der Waals surface area (Å²) in [4.78, 5) is 0. The second-order valence-electron chi connectivity index (χ2n) is 5.67. The summed E-state index contributed by atoms with van der Waals surface area (Å²) >= 11 is 0. The molecule has 4 heteroatoms. The standard InChI is InChI=1S/C9H12.C7H15NO2.3CH4.Y/c1-8(2)9-6-4-3-5-7-9;1-7(2)8(9)3-5-10-6-4-8;;;;/h3-8H,1-2H3;7H,3-6H2,1-2H3;3*1H4;. The quantitative estimate of drug-likeness (QED) is 0.486. The monoisotopic (exact) mass is 402 g/mol. The number of benzene rings is 1. The molecule has 2 rings (SSSR count). The molecule has 0 aromatic heterocycles. The molecule has 1 aliphatic heterocycles. The molecule has 1 radical (unpaired) electrons. The van der Waals surface area contributed by atoms with Gasteiger partial charge in [0, 0.05) is 32.7 Å². The van der Waals surface area contributed by atoms with Crippen molar-refractivity contribution in [3.05, 3.63) is 41.1 Å². The van der Waals surface area contributed by atoms with Gasteiger partial charge >= 0.3 is 0 Å². The van der Waals surface area contributed by atoms with Crippen LogP contribution in [0.25, 0.3) is 0 Å². The Morgan fingerprint density at radius 3 is 1.61 bits per heavy atom. The molecule has 1 aromatic carbocycles. The Hall–Kier alpha value is 0.204. The van der Waals surface area contributed by atoms with Crippen molar-refractivity contribution in [3.8, 4) is 0 Å². The predicted octanol–water partition coefficient (Wildman–Crippen LogP) is 5.46. The molecule has 1 aromatic rings. The van der Waals surface area contributed by atoms with Gasteiger partial charge in [-0.25, -0.2) is 0 Å². The topological polar surface area (TPSA) is 32.3 Å². The van der Waals surface area contributed by atoms with Crippen LogP contribution in [0.5, 0.6) is 0 Å². The number of ether oxygens (including phenoxy) is 1. The summed E-state index contributed by atoms with van der Waals surface area (Å²) in [5.74, 6) is 0.659. The zero-order valence-corrected chi connectivity index (χ0v) is 16.0. The molecule has 1 saturated heterocycles. The third kappa shape index (κ3) is 11.4. The van der Waals surface area contributed by atoms with E-state index in [9.17, 15) is 5.21 Å². The maximum atomic E-state index is 11.7. The molecule has 1 aliphatic rings. The Morgan fingerprint density at radius 1 is 0.913 bits per heavy atom. The average molecular weight is 402 g/mol. The summed E-state index contributed by atoms with van der Waals surface area (Å²) in [6, 6.07) is 10.7. The van der Waals surface area contributed by atoms with Gasteiger partial charge in [0.05, 0.1) is 19.3 Å². The summed E-state index contributed by atoms with van der Waals surface area (Å²) in [6.07, 6.45) is 0. The van der Waals surface area contributed by atoms with Crippen molar-refractivity contribution < 1.29 is 42.1 Å². The number of rotatable bonds is 2. The fraction of sp³-hybridized carbons (Fsp3) is 0.684. The fourth-order valence-corrected chi connectivity index (χ4v) is 2.01. The summed E-state index contributed by atoms with van der Waals surface area (Å²) in [5, 5.41) is 11.7. The Morgan fingerprint density at radius 2 is 1.35 bits per heavy atom. The van der Waals surface area contributed by atoms with Gasteiger partial charge in [-0.15, -0.1) is 0 Å². The van der Waals surface area contributed by atoms with E-state index in [4.69, 9.17) is 4.74 Å².